The van der Waals surface area contributed by atoms with Crippen molar-refractivity contribution >= 4 is 40.6 Å². The highest BCUT2D eigenvalue weighted by atomic mass is 32.2. The van der Waals surface area contributed by atoms with Gasteiger partial charge in [0.2, 0.25) is 5.91 Å². The Labute approximate surface area is 183 Å². The van der Waals surface area contributed by atoms with Crippen LogP contribution in [0.25, 0.3) is 0 Å². The normalized spacial score (nSPS) is 15.7. The third-order valence-corrected chi connectivity index (χ3v) is 6.14. The predicted molar refractivity (Wildman–Crippen MR) is 121 cm³/mol. The van der Waals surface area contributed by atoms with Crippen molar-refractivity contribution in [2.45, 2.75) is 12.3 Å². The lowest BCUT2D eigenvalue weighted by Crippen LogP contribution is -2.27. The molecule has 4 rings (SSSR count). The first-order valence-electron chi connectivity index (χ1n) is 9.58. The summed E-state index contributed by atoms with van der Waals surface area (Å²) in [5, 5.41) is 13.5. The largest absolute Gasteiger partial charge is 0.322 e. The quantitative estimate of drug-likeness (QED) is 0.455. The maximum atomic E-state index is 12.6. The molecule has 1 aliphatic rings. The van der Waals surface area contributed by atoms with Crippen molar-refractivity contribution in [2.24, 2.45) is 0 Å². The lowest BCUT2D eigenvalue weighted by molar-refractivity contribution is -0.384. The Morgan fingerprint density at radius 2 is 1.84 bits per heavy atom. The number of non-ortho nitro benzene ring substituents is 1. The lowest BCUT2D eigenvalue weighted by Gasteiger charge is -2.25. The van der Waals surface area contributed by atoms with Crippen LogP contribution in [-0.4, -0.2) is 22.5 Å². The average Bonchev–Trinajstić information content (AvgIpc) is 3.16. The first-order valence-corrected chi connectivity index (χ1v) is 10.6. The fourth-order valence-electron chi connectivity index (χ4n) is 3.39. The summed E-state index contributed by atoms with van der Waals surface area (Å²) in [7, 11) is 0. The van der Waals surface area contributed by atoms with Crippen molar-refractivity contribution in [3.05, 3.63) is 99.6 Å². The number of rotatable bonds is 5. The number of anilines is 2. The Morgan fingerprint density at radius 1 is 1.10 bits per heavy atom. The van der Waals surface area contributed by atoms with E-state index in [0.29, 0.717) is 11.4 Å². The number of hydrogen-bond acceptors (Lipinski definition) is 5. The van der Waals surface area contributed by atoms with Crippen LogP contribution in [0.15, 0.2) is 72.8 Å². The molecule has 1 fully saturated rings. The molecular weight excluding hydrogens is 414 g/mol. The first kappa shape index (κ1) is 20.6. The minimum atomic E-state index is -0.536. The third kappa shape index (κ3) is 4.44. The van der Waals surface area contributed by atoms with Gasteiger partial charge in [-0.2, -0.15) is 0 Å². The average molecular weight is 433 g/mol. The van der Waals surface area contributed by atoms with Gasteiger partial charge in [0, 0.05) is 29.1 Å². The minimum Gasteiger partial charge on any atom is -0.322 e. The van der Waals surface area contributed by atoms with Crippen LogP contribution in [0.4, 0.5) is 17.1 Å². The van der Waals surface area contributed by atoms with Crippen molar-refractivity contribution in [3.63, 3.8) is 0 Å². The third-order valence-electron chi connectivity index (χ3n) is 4.93. The maximum absolute atomic E-state index is 12.6. The standard InChI is InChI=1S/C23H19N3O4S/c1-15-8-10-19(11-9-15)25-21(27)14-31-23(25)17-5-2-6-18(12-17)24-22(28)16-4-3-7-20(13-16)26(29)30/h2-13,23H,14H2,1H3,(H,24,28). The monoisotopic (exact) mass is 433 g/mol. The zero-order valence-corrected chi connectivity index (χ0v) is 17.5. The van der Waals surface area contributed by atoms with Crippen LogP contribution in [0.1, 0.15) is 26.9 Å². The van der Waals surface area contributed by atoms with Crippen molar-refractivity contribution in [1.29, 1.82) is 0 Å². The first-order chi connectivity index (χ1) is 14.9. The fraction of sp³-hybridized carbons (Fsp3) is 0.130. The van der Waals surface area contributed by atoms with Gasteiger partial charge >= 0.3 is 0 Å². The van der Waals surface area contributed by atoms with Gasteiger partial charge in [-0.05, 0) is 42.8 Å². The number of nitrogens with zero attached hydrogens (tertiary/aromatic N) is 2. The van der Waals surface area contributed by atoms with Crippen LogP contribution < -0.4 is 10.2 Å². The maximum Gasteiger partial charge on any atom is 0.270 e. The van der Waals surface area contributed by atoms with Crippen LogP contribution in [0.5, 0.6) is 0 Å². The van der Waals surface area contributed by atoms with E-state index in [9.17, 15) is 19.7 Å². The summed E-state index contributed by atoms with van der Waals surface area (Å²) in [5.74, 6) is -0.0284. The van der Waals surface area contributed by atoms with Gasteiger partial charge in [-0.25, -0.2) is 0 Å². The Morgan fingerprint density at radius 3 is 2.58 bits per heavy atom. The molecule has 1 heterocycles. The zero-order valence-electron chi connectivity index (χ0n) is 16.6. The van der Waals surface area contributed by atoms with Crippen LogP contribution >= 0.6 is 11.8 Å². The second kappa shape index (κ2) is 8.61. The second-order valence-electron chi connectivity index (χ2n) is 7.15. The number of nitro benzene ring substituents is 1. The molecule has 8 heteroatoms. The van der Waals surface area contributed by atoms with Crippen molar-refractivity contribution < 1.29 is 14.5 Å². The molecule has 0 aliphatic carbocycles. The number of thioether (sulfide) groups is 1. The Balaban J connectivity index is 1.57. The summed E-state index contributed by atoms with van der Waals surface area (Å²) in [4.78, 5) is 37.3. The molecule has 0 bridgehead atoms. The van der Waals surface area contributed by atoms with E-state index in [1.54, 1.807) is 11.0 Å². The van der Waals surface area contributed by atoms with Crippen LogP contribution in [-0.2, 0) is 4.79 Å². The number of nitro groups is 1. The highest BCUT2D eigenvalue weighted by Gasteiger charge is 2.34. The molecule has 156 valence electrons. The zero-order chi connectivity index (χ0) is 22.0. The topological polar surface area (TPSA) is 92.6 Å². The van der Waals surface area contributed by atoms with Gasteiger partial charge < -0.3 is 5.32 Å². The summed E-state index contributed by atoms with van der Waals surface area (Å²) < 4.78 is 0. The SMILES string of the molecule is Cc1ccc(N2C(=O)CSC2c2cccc(NC(=O)c3cccc([N+](=O)[O-])c3)c2)cc1. The highest BCUT2D eigenvalue weighted by Crippen LogP contribution is 2.42. The van der Waals surface area contributed by atoms with E-state index in [0.717, 1.165) is 16.8 Å². The van der Waals surface area contributed by atoms with E-state index in [2.05, 4.69) is 5.32 Å². The smallest absolute Gasteiger partial charge is 0.270 e. The number of nitrogens with one attached hydrogen (secondary N) is 1. The van der Waals surface area contributed by atoms with Gasteiger partial charge in [0.15, 0.2) is 0 Å². The van der Waals surface area contributed by atoms with Crippen molar-refractivity contribution in [3.8, 4) is 0 Å². The summed E-state index contributed by atoms with van der Waals surface area (Å²) >= 11 is 1.53. The van der Waals surface area contributed by atoms with E-state index in [4.69, 9.17) is 0 Å². The molecular formula is C23H19N3O4S. The van der Waals surface area contributed by atoms with Gasteiger partial charge in [-0.15, -0.1) is 11.8 Å². The summed E-state index contributed by atoms with van der Waals surface area (Å²) in [5.41, 5.74) is 3.44. The molecule has 2 amide bonds. The van der Waals surface area contributed by atoms with Gasteiger partial charge in [-0.3, -0.25) is 24.6 Å². The second-order valence-corrected chi connectivity index (χ2v) is 8.22. The molecule has 0 radical (unpaired) electrons. The number of amides is 2. The van der Waals surface area contributed by atoms with E-state index in [-0.39, 0.29) is 22.5 Å². The number of hydrogen-bond donors (Lipinski definition) is 1. The molecule has 1 saturated heterocycles. The Hall–Kier alpha value is -3.65. The van der Waals surface area contributed by atoms with Gasteiger partial charge in [0.1, 0.15) is 5.37 Å². The van der Waals surface area contributed by atoms with E-state index in [1.807, 2.05) is 49.4 Å². The number of benzene rings is 3. The van der Waals surface area contributed by atoms with E-state index < -0.39 is 10.8 Å². The molecule has 0 saturated carbocycles. The number of carbonyl (C=O) groups is 2. The lowest BCUT2D eigenvalue weighted by atomic mass is 10.1. The number of aryl methyl sites for hydroxylation is 1. The summed E-state index contributed by atoms with van der Waals surface area (Å²) in [6.07, 6.45) is 0. The highest BCUT2D eigenvalue weighted by molar-refractivity contribution is 8.00. The number of carbonyl (C=O) groups excluding carboxylic acids is 2. The van der Waals surface area contributed by atoms with E-state index in [1.165, 1.54) is 36.0 Å². The molecule has 0 aromatic heterocycles. The molecule has 31 heavy (non-hydrogen) atoms. The van der Waals surface area contributed by atoms with Gasteiger partial charge in [-0.1, -0.05) is 35.9 Å². The van der Waals surface area contributed by atoms with Crippen LogP contribution in [0, 0.1) is 17.0 Å². The molecule has 0 spiro atoms. The van der Waals surface area contributed by atoms with Crippen molar-refractivity contribution in [2.75, 3.05) is 16.0 Å². The molecule has 1 atom stereocenters. The molecule has 3 aromatic rings. The van der Waals surface area contributed by atoms with E-state index >= 15 is 0 Å². The minimum absolute atomic E-state index is 0.0323. The molecule has 7 nitrogen and oxygen atoms in total. The van der Waals surface area contributed by atoms with Gasteiger partial charge in [0.05, 0.1) is 10.7 Å². The summed E-state index contributed by atoms with van der Waals surface area (Å²) in [6, 6.07) is 20.7. The molecule has 1 unspecified atom stereocenters. The fourth-order valence-corrected chi connectivity index (χ4v) is 4.56. The van der Waals surface area contributed by atoms with Crippen LogP contribution in [0.3, 0.4) is 0 Å². The Bertz CT molecular complexity index is 1160. The Kier molecular flexibility index (Phi) is 5.73. The molecule has 1 aliphatic heterocycles. The molecule has 1 N–H and O–H groups in total. The van der Waals surface area contributed by atoms with Crippen LogP contribution in [0.2, 0.25) is 0 Å². The van der Waals surface area contributed by atoms with Crippen molar-refractivity contribution in [1.82, 2.24) is 0 Å². The van der Waals surface area contributed by atoms with Gasteiger partial charge in [0.25, 0.3) is 11.6 Å². The summed E-state index contributed by atoms with van der Waals surface area (Å²) in [6.45, 7) is 2.00. The molecule has 3 aromatic carbocycles. The predicted octanol–water partition coefficient (Wildman–Crippen LogP) is 4.93.